The summed E-state index contributed by atoms with van der Waals surface area (Å²) in [6.45, 7) is 4.50. The van der Waals surface area contributed by atoms with Crippen molar-refractivity contribution in [2.75, 3.05) is 6.61 Å². The third-order valence-corrected chi connectivity index (χ3v) is 5.59. The van der Waals surface area contributed by atoms with Gasteiger partial charge in [-0.3, -0.25) is 4.79 Å². The molecule has 0 bridgehead atoms. The average Bonchev–Trinajstić information content (AvgIpc) is 3.06. The van der Waals surface area contributed by atoms with Crippen molar-refractivity contribution in [3.8, 4) is 11.1 Å². The van der Waals surface area contributed by atoms with Crippen LogP contribution in [0.2, 0.25) is 0 Å². The van der Waals surface area contributed by atoms with Crippen molar-refractivity contribution >= 4 is 18.0 Å². The van der Waals surface area contributed by atoms with Gasteiger partial charge in [-0.25, -0.2) is 9.59 Å². The number of amides is 2. The minimum atomic E-state index is -5.20. The maximum atomic E-state index is 13.0. The van der Waals surface area contributed by atoms with Crippen LogP contribution in [0.15, 0.2) is 48.5 Å². The number of alkyl halides is 3. The Morgan fingerprint density at radius 2 is 1.41 bits per heavy atom. The summed E-state index contributed by atoms with van der Waals surface area (Å²) in [4.78, 5) is 36.1. The molecule has 0 aromatic heterocycles. The van der Waals surface area contributed by atoms with Crippen LogP contribution in [0, 0.1) is 5.41 Å². The van der Waals surface area contributed by atoms with E-state index in [-0.39, 0.29) is 12.5 Å². The smallest absolute Gasteiger partial charge is 0.419 e. The van der Waals surface area contributed by atoms with Crippen molar-refractivity contribution < 1.29 is 37.4 Å². The fourth-order valence-electron chi connectivity index (χ4n) is 3.94. The van der Waals surface area contributed by atoms with Gasteiger partial charge in [0.2, 0.25) is 11.9 Å². The zero-order valence-corrected chi connectivity index (χ0v) is 18.8. The van der Waals surface area contributed by atoms with Gasteiger partial charge in [0.25, 0.3) is 0 Å². The van der Waals surface area contributed by atoms with Crippen molar-refractivity contribution in [3.63, 3.8) is 0 Å². The summed E-state index contributed by atoms with van der Waals surface area (Å²) in [7, 11) is 0. The number of carboxylic acids is 1. The van der Waals surface area contributed by atoms with Crippen molar-refractivity contribution in [1.29, 1.82) is 0 Å². The number of hydrogen-bond acceptors (Lipinski definition) is 4. The maximum Gasteiger partial charge on any atom is 0.419 e. The van der Waals surface area contributed by atoms with Gasteiger partial charge in [-0.05, 0) is 27.7 Å². The van der Waals surface area contributed by atoms with Gasteiger partial charge in [0.05, 0.1) is 0 Å². The summed E-state index contributed by atoms with van der Waals surface area (Å²) in [6.07, 6.45) is -6.20. The lowest BCUT2D eigenvalue weighted by Crippen LogP contribution is -2.59. The first kappa shape index (κ1) is 25.1. The first-order valence-electron chi connectivity index (χ1n) is 10.5. The Hall–Kier alpha value is -3.56. The number of carbonyl (C=O) groups is 3. The van der Waals surface area contributed by atoms with Gasteiger partial charge in [0, 0.05) is 5.92 Å². The van der Waals surface area contributed by atoms with Gasteiger partial charge < -0.3 is 20.5 Å². The van der Waals surface area contributed by atoms with E-state index in [0.29, 0.717) is 0 Å². The fourth-order valence-corrected chi connectivity index (χ4v) is 3.94. The summed E-state index contributed by atoms with van der Waals surface area (Å²) in [6, 6.07) is 10.8. The molecule has 0 spiro atoms. The molecule has 2 aromatic rings. The number of rotatable bonds is 6. The molecule has 7 nitrogen and oxygen atoms in total. The molecule has 1 unspecified atom stereocenters. The highest BCUT2D eigenvalue weighted by Crippen LogP contribution is 2.44. The van der Waals surface area contributed by atoms with Crippen LogP contribution in [-0.2, 0) is 14.3 Å². The van der Waals surface area contributed by atoms with E-state index < -0.39 is 41.6 Å². The Bertz CT molecular complexity index is 1050. The first-order valence-corrected chi connectivity index (χ1v) is 10.5. The highest BCUT2D eigenvalue weighted by molar-refractivity contribution is 5.90. The lowest BCUT2D eigenvalue weighted by molar-refractivity contribution is -0.182. The third kappa shape index (κ3) is 5.32. The van der Waals surface area contributed by atoms with E-state index in [9.17, 15) is 27.6 Å². The Kier molecular flexibility index (Phi) is 6.90. The molecule has 0 saturated heterocycles. The Morgan fingerprint density at radius 3 is 1.85 bits per heavy atom. The number of aliphatic carboxylic acids is 1. The zero-order valence-electron chi connectivity index (χ0n) is 18.8. The second-order valence-electron chi connectivity index (χ2n) is 9.09. The highest BCUT2D eigenvalue weighted by atomic mass is 19.4. The van der Waals surface area contributed by atoms with Crippen LogP contribution in [0.25, 0.3) is 11.1 Å². The largest absolute Gasteiger partial charge is 0.479 e. The minimum absolute atomic E-state index is 0.0569. The molecule has 10 heteroatoms. The quantitative estimate of drug-likeness (QED) is 0.581. The average molecular weight is 478 g/mol. The Labute approximate surface area is 194 Å². The molecule has 2 aromatic carbocycles. The molecular formula is C24H25F3N2O5. The number of halogens is 3. The summed E-state index contributed by atoms with van der Waals surface area (Å²) < 4.78 is 44.3. The van der Waals surface area contributed by atoms with Crippen molar-refractivity contribution in [2.24, 2.45) is 5.41 Å². The minimum Gasteiger partial charge on any atom is -0.479 e. The van der Waals surface area contributed by atoms with Crippen LogP contribution >= 0.6 is 0 Å². The van der Waals surface area contributed by atoms with Crippen molar-refractivity contribution in [1.82, 2.24) is 10.6 Å². The molecule has 3 rings (SSSR count). The molecule has 0 radical (unpaired) electrons. The standard InChI is InChI=1S/C24H25F3N2O5/c1-23(2,3)18(20(30)28-19(21(31)32)24(25,26)27)29-22(33)34-12-17-15-10-6-4-8-13(15)14-9-5-7-11-16(14)17/h4-11,17-19H,12H2,1-3H3,(H,28,30)(H,29,33)(H,31,32)/t18-,19?/m0/s1. The monoisotopic (exact) mass is 478 g/mol. The molecule has 0 fully saturated rings. The number of carboxylic acid groups (broad SMARTS) is 1. The lowest BCUT2D eigenvalue weighted by Gasteiger charge is -2.31. The topological polar surface area (TPSA) is 105 Å². The summed E-state index contributed by atoms with van der Waals surface area (Å²) in [5.74, 6) is -3.79. The van der Waals surface area contributed by atoms with Crippen LogP contribution in [0.1, 0.15) is 37.8 Å². The van der Waals surface area contributed by atoms with E-state index in [0.717, 1.165) is 22.3 Å². The molecule has 182 valence electrons. The van der Waals surface area contributed by atoms with E-state index in [1.165, 1.54) is 26.1 Å². The maximum absolute atomic E-state index is 13.0. The number of benzene rings is 2. The van der Waals surface area contributed by atoms with Crippen LogP contribution < -0.4 is 10.6 Å². The van der Waals surface area contributed by atoms with Crippen LogP contribution in [0.5, 0.6) is 0 Å². The number of ether oxygens (including phenoxy) is 1. The molecule has 0 heterocycles. The number of hydrogen-bond donors (Lipinski definition) is 3. The molecule has 34 heavy (non-hydrogen) atoms. The summed E-state index contributed by atoms with van der Waals surface area (Å²) >= 11 is 0. The molecule has 1 aliphatic carbocycles. The second kappa shape index (κ2) is 9.36. The molecule has 0 saturated carbocycles. The predicted molar refractivity (Wildman–Crippen MR) is 117 cm³/mol. The number of alkyl carbamates (subject to hydrolysis) is 1. The fraction of sp³-hybridized carbons (Fsp3) is 0.375. The van der Waals surface area contributed by atoms with E-state index in [1.807, 2.05) is 48.5 Å². The summed E-state index contributed by atoms with van der Waals surface area (Å²) in [5.41, 5.74) is 2.94. The van der Waals surface area contributed by atoms with Gasteiger partial charge in [-0.15, -0.1) is 0 Å². The molecule has 1 aliphatic rings. The van der Waals surface area contributed by atoms with Gasteiger partial charge in [-0.1, -0.05) is 69.3 Å². The van der Waals surface area contributed by atoms with Gasteiger partial charge in [0.15, 0.2) is 0 Å². The third-order valence-electron chi connectivity index (χ3n) is 5.59. The molecular weight excluding hydrogens is 453 g/mol. The van der Waals surface area contributed by atoms with E-state index in [4.69, 9.17) is 9.84 Å². The van der Waals surface area contributed by atoms with Gasteiger partial charge >= 0.3 is 18.2 Å². The van der Waals surface area contributed by atoms with Crippen LogP contribution in [0.3, 0.4) is 0 Å². The van der Waals surface area contributed by atoms with E-state index in [2.05, 4.69) is 5.32 Å². The second-order valence-corrected chi connectivity index (χ2v) is 9.09. The molecule has 2 amide bonds. The number of nitrogens with one attached hydrogen (secondary N) is 2. The van der Waals surface area contributed by atoms with E-state index >= 15 is 0 Å². The van der Waals surface area contributed by atoms with Crippen LogP contribution in [0.4, 0.5) is 18.0 Å². The Morgan fingerprint density at radius 1 is 0.912 bits per heavy atom. The number of fused-ring (bicyclic) bond motifs is 3. The normalized spacial score (nSPS) is 15.0. The molecule has 2 atom stereocenters. The molecule has 0 aliphatic heterocycles. The van der Waals surface area contributed by atoms with E-state index in [1.54, 1.807) is 0 Å². The highest BCUT2D eigenvalue weighted by Gasteiger charge is 2.48. The van der Waals surface area contributed by atoms with Gasteiger partial charge in [0.1, 0.15) is 12.6 Å². The lowest BCUT2D eigenvalue weighted by atomic mass is 9.86. The van der Waals surface area contributed by atoms with Gasteiger partial charge in [-0.2, -0.15) is 13.2 Å². The molecule has 3 N–H and O–H groups in total. The zero-order chi connectivity index (χ0) is 25.3. The number of carbonyl (C=O) groups excluding carboxylic acids is 2. The predicted octanol–water partition coefficient (Wildman–Crippen LogP) is 4.07. The van der Waals surface area contributed by atoms with Crippen LogP contribution in [-0.4, -0.2) is 47.9 Å². The Balaban J connectivity index is 1.72. The summed E-state index contributed by atoms with van der Waals surface area (Å²) in [5, 5.41) is 12.6. The first-order chi connectivity index (χ1) is 15.8. The van der Waals surface area contributed by atoms with Crippen molar-refractivity contribution in [2.45, 2.75) is 44.9 Å². The SMILES string of the molecule is CC(C)(C)[C@@H](NC(=O)OCC1c2ccccc2-c2ccccc21)C(=O)NC(C(=O)O)C(F)(F)F. The van der Waals surface area contributed by atoms with Crippen molar-refractivity contribution in [3.05, 3.63) is 59.7 Å².